The lowest BCUT2D eigenvalue weighted by Crippen LogP contribution is -2.41. The first-order valence-electron chi connectivity index (χ1n) is 6.88. The van der Waals surface area contributed by atoms with Gasteiger partial charge in [0.2, 0.25) is 10.0 Å². The Hall–Kier alpha value is -1.47. The van der Waals surface area contributed by atoms with Gasteiger partial charge in [-0.3, -0.25) is 4.79 Å². The highest BCUT2D eigenvalue weighted by molar-refractivity contribution is 7.89. The van der Waals surface area contributed by atoms with Crippen molar-refractivity contribution in [3.05, 3.63) is 29.6 Å². The minimum atomic E-state index is -3.96. The highest BCUT2D eigenvalue weighted by atomic mass is 32.2. The molecule has 0 radical (unpaired) electrons. The van der Waals surface area contributed by atoms with Crippen LogP contribution in [0, 0.1) is 11.2 Å². The SMILES string of the molecule is CCC1(CNC(=O)c2cc(S(N)(=O)=O)ccc2F)CCC1. The average molecular weight is 314 g/mol. The van der Waals surface area contributed by atoms with Crippen LogP contribution >= 0.6 is 0 Å². The second kappa shape index (κ2) is 5.73. The molecule has 0 atom stereocenters. The van der Waals surface area contributed by atoms with Gasteiger partial charge in [0, 0.05) is 6.54 Å². The number of carbonyl (C=O) groups is 1. The zero-order chi connectivity index (χ0) is 15.7. The predicted octanol–water partition coefficient (Wildman–Crippen LogP) is 1.78. The molecule has 1 aliphatic carbocycles. The van der Waals surface area contributed by atoms with Gasteiger partial charge in [-0.25, -0.2) is 17.9 Å². The number of amides is 1. The van der Waals surface area contributed by atoms with Crippen LogP contribution in [0.2, 0.25) is 0 Å². The topological polar surface area (TPSA) is 89.3 Å². The number of sulfonamides is 1. The summed E-state index contributed by atoms with van der Waals surface area (Å²) in [5.74, 6) is -1.38. The number of halogens is 1. The molecule has 21 heavy (non-hydrogen) atoms. The Morgan fingerprint density at radius 1 is 1.43 bits per heavy atom. The summed E-state index contributed by atoms with van der Waals surface area (Å²) in [6.07, 6.45) is 4.18. The minimum absolute atomic E-state index is 0.101. The standard InChI is InChI=1S/C14H19FN2O3S/c1-2-14(6-3-7-14)9-17-13(18)11-8-10(21(16,19)20)4-5-12(11)15/h4-5,8H,2-3,6-7,9H2,1H3,(H,17,18)(H2,16,19,20). The summed E-state index contributed by atoms with van der Waals surface area (Å²) in [6, 6.07) is 2.95. The number of hydrogen-bond acceptors (Lipinski definition) is 3. The summed E-state index contributed by atoms with van der Waals surface area (Å²) in [5.41, 5.74) is -0.198. The van der Waals surface area contributed by atoms with Crippen molar-refractivity contribution in [1.29, 1.82) is 0 Å². The maximum atomic E-state index is 13.7. The maximum absolute atomic E-state index is 13.7. The fraction of sp³-hybridized carbons (Fsp3) is 0.500. The Morgan fingerprint density at radius 2 is 2.10 bits per heavy atom. The van der Waals surface area contributed by atoms with Crippen LogP contribution in [0.3, 0.4) is 0 Å². The molecule has 0 heterocycles. The largest absolute Gasteiger partial charge is 0.351 e. The third kappa shape index (κ3) is 3.41. The van der Waals surface area contributed by atoms with E-state index in [2.05, 4.69) is 12.2 Å². The molecule has 1 fully saturated rings. The molecule has 7 heteroatoms. The zero-order valence-corrected chi connectivity index (χ0v) is 12.7. The Bertz CT molecular complexity index is 649. The van der Waals surface area contributed by atoms with Crippen molar-refractivity contribution in [3.63, 3.8) is 0 Å². The van der Waals surface area contributed by atoms with Crippen LogP contribution in [0.25, 0.3) is 0 Å². The number of hydrogen-bond donors (Lipinski definition) is 2. The Balaban J connectivity index is 2.15. The molecular formula is C14H19FN2O3S. The molecule has 1 aliphatic rings. The van der Waals surface area contributed by atoms with E-state index in [4.69, 9.17) is 5.14 Å². The first-order valence-corrected chi connectivity index (χ1v) is 8.43. The van der Waals surface area contributed by atoms with Crippen molar-refractivity contribution in [1.82, 2.24) is 5.32 Å². The molecule has 1 amide bonds. The number of benzene rings is 1. The van der Waals surface area contributed by atoms with Gasteiger partial charge < -0.3 is 5.32 Å². The third-order valence-electron chi connectivity index (χ3n) is 4.30. The molecule has 0 bridgehead atoms. The highest BCUT2D eigenvalue weighted by Crippen LogP contribution is 2.43. The lowest BCUT2D eigenvalue weighted by molar-refractivity contribution is 0.0846. The van der Waals surface area contributed by atoms with Crippen LogP contribution in [0.15, 0.2) is 23.1 Å². The number of primary sulfonamides is 1. The summed E-state index contributed by atoms with van der Waals surface area (Å²) in [4.78, 5) is 11.8. The van der Waals surface area contributed by atoms with E-state index in [1.54, 1.807) is 0 Å². The zero-order valence-electron chi connectivity index (χ0n) is 11.9. The van der Waals surface area contributed by atoms with Gasteiger partial charge in [-0.05, 0) is 42.9 Å². The van der Waals surface area contributed by atoms with Gasteiger partial charge in [-0.1, -0.05) is 13.3 Å². The summed E-state index contributed by atoms with van der Waals surface area (Å²) in [6.45, 7) is 2.54. The van der Waals surface area contributed by atoms with E-state index in [1.807, 2.05) is 0 Å². The van der Waals surface area contributed by atoms with Crippen LogP contribution in [0.5, 0.6) is 0 Å². The van der Waals surface area contributed by atoms with E-state index in [0.717, 1.165) is 43.9 Å². The summed E-state index contributed by atoms with van der Waals surface area (Å²) in [5, 5.41) is 7.69. The normalized spacial score (nSPS) is 17.1. The molecule has 0 spiro atoms. The van der Waals surface area contributed by atoms with E-state index < -0.39 is 21.7 Å². The molecule has 1 aromatic rings. The van der Waals surface area contributed by atoms with Crippen LogP contribution < -0.4 is 10.5 Å². The molecule has 0 saturated heterocycles. The second-order valence-corrected chi connectivity index (χ2v) is 7.14. The van der Waals surface area contributed by atoms with Gasteiger partial charge >= 0.3 is 0 Å². The molecule has 1 saturated carbocycles. The van der Waals surface area contributed by atoms with Crippen molar-refractivity contribution in [2.24, 2.45) is 10.6 Å². The van der Waals surface area contributed by atoms with Crippen LogP contribution in [0.1, 0.15) is 43.0 Å². The summed E-state index contributed by atoms with van der Waals surface area (Å²) >= 11 is 0. The van der Waals surface area contributed by atoms with Gasteiger partial charge in [-0.15, -0.1) is 0 Å². The summed E-state index contributed by atoms with van der Waals surface area (Å²) < 4.78 is 36.2. The van der Waals surface area contributed by atoms with E-state index in [0.29, 0.717) is 6.54 Å². The van der Waals surface area contributed by atoms with Crippen molar-refractivity contribution in [2.75, 3.05) is 6.54 Å². The van der Waals surface area contributed by atoms with Crippen molar-refractivity contribution in [3.8, 4) is 0 Å². The number of nitrogens with one attached hydrogen (secondary N) is 1. The Morgan fingerprint density at radius 3 is 2.57 bits per heavy atom. The van der Waals surface area contributed by atoms with Crippen molar-refractivity contribution < 1.29 is 17.6 Å². The molecule has 5 nitrogen and oxygen atoms in total. The fourth-order valence-corrected chi connectivity index (χ4v) is 3.09. The van der Waals surface area contributed by atoms with E-state index >= 15 is 0 Å². The van der Waals surface area contributed by atoms with Crippen molar-refractivity contribution in [2.45, 2.75) is 37.5 Å². The Kier molecular flexibility index (Phi) is 4.34. The van der Waals surface area contributed by atoms with Crippen LogP contribution in [0.4, 0.5) is 4.39 Å². The lowest BCUT2D eigenvalue weighted by atomic mass is 9.67. The van der Waals surface area contributed by atoms with Gasteiger partial charge in [0.05, 0.1) is 10.5 Å². The van der Waals surface area contributed by atoms with Gasteiger partial charge in [0.1, 0.15) is 5.82 Å². The highest BCUT2D eigenvalue weighted by Gasteiger charge is 2.35. The van der Waals surface area contributed by atoms with Crippen LogP contribution in [-0.4, -0.2) is 20.9 Å². The van der Waals surface area contributed by atoms with E-state index in [9.17, 15) is 17.6 Å². The van der Waals surface area contributed by atoms with E-state index in [-0.39, 0.29) is 15.9 Å². The fourth-order valence-electron chi connectivity index (χ4n) is 2.55. The van der Waals surface area contributed by atoms with Gasteiger partial charge in [-0.2, -0.15) is 0 Å². The predicted molar refractivity (Wildman–Crippen MR) is 76.7 cm³/mol. The number of nitrogens with two attached hydrogens (primary N) is 1. The summed E-state index contributed by atoms with van der Waals surface area (Å²) in [7, 11) is -3.96. The maximum Gasteiger partial charge on any atom is 0.254 e. The second-order valence-electron chi connectivity index (χ2n) is 5.58. The monoisotopic (exact) mass is 314 g/mol. The lowest BCUT2D eigenvalue weighted by Gasteiger charge is -2.41. The van der Waals surface area contributed by atoms with Gasteiger partial charge in [0.25, 0.3) is 5.91 Å². The Labute approximate surface area is 123 Å². The van der Waals surface area contributed by atoms with Crippen LogP contribution in [-0.2, 0) is 10.0 Å². The smallest absolute Gasteiger partial charge is 0.254 e. The quantitative estimate of drug-likeness (QED) is 0.868. The average Bonchev–Trinajstić information content (AvgIpc) is 2.36. The minimum Gasteiger partial charge on any atom is -0.351 e. The van der Waals surface area contributed by atoms with Gasteiger partial charge in [0.15, 0.2) is 0 Å². The van der Waals surface area contributed by atoms with E-state index in [1.165, 1.54) is 0 Å². The molecule has 0 unspecified atom stereocenters. The molecule has 1 aromatic carbocycles. The number of rotatable bonds is 5. The molecule has 3 N–H and O–H groups in total. The molecular weight excluding hydrogens is 295 g/mol. The van der Waals surface area contributed by atoms with Crippen molar-refractivity contribution >= 4 is 15.9 Å². The molecule has 2 rings (SSSR count). The molecule has 116 valence electrons. The first kappa shape index (κ1) is 15.9. The molecule has 0 aliphatic heterocycles. The third-order valence-corrected chi connectivity index (χ3v) is 5.21. The molecule has 0 aromatic heterocycles. The first-order chi connectivity index (χ1) is 9.77. The number of carbonyl (C=O) groups excluding carboxylic acids is 1.